The molecule has 7 heteroatoms. The normalized spacial score (nSPS) is 17.2. The number of fused-ring (bicyclic) bond motifs is 3. The molecule has 1 aliphatic rings. The second-order valence-corrected chi connectivity index (χ2v) is 9.45. The first kappa shape index (κ1) is 24.4. The molecule has 190 valence electrons. The number of carbonyl (C=O) groups is 2. The summed E-state index contributed by atoms with van der Waals surface area (Å²) in [6.45, 7) is 4.35. The van der Waals surface area contributed by atoms with Gasteiger partial charge < -0.3 is 24.1 Å². The first-order valence-electron chi connectivity index (χ1n) is 12.3. The third-order valence-electron chi connectivity index (χ3n) is 7.07. The van der Waals surface area contributed by atoms with Gasteiger partial charge in [-0.1, -0.05) is 54.6 Å². The Balaban J connectivity index is 1.48. The van der Waals surface area contributed by atoms with Gasteiger partial charge in [0.05, 0.1) is 12.5 Å². The minimum absolute atomic E-state index is 0.0131. The number of nitrogens with zero attached hydrogens (tertiary/aromatic N) is 1. The molecule has 37 heavy (non-hydrogen) atoms. The maximum Gasteiger partial charge on any atom is 0.294 e. The standard InChI is InChI=1S/C30H30N2O5/c1-20-10-4-5-11-21(20)16-17-32-28(33)27-26(23-13-7-9-15-25(23)37-27)36-19-30(32,2)29(34)31-18-22-12-6-8-14-24(22)35-3/h4-15H,16-19H2,1-3H3,(H,31,34). The summed E-state index contributed by atoms with van der Waals surface area (Å²) in [6.07, 6.45) is 0.587. The van der Waals surface area contributed by atoms with Crippen molar-refractivity contribution in [1.29, 1.82) is 0 Å². The highest BCUT2D eigenvalue weighted by Gasteiger charge is 2.47. The Bertz CT molecular complexity index is 1460. The van der Waals surface area contributed by atoms with Gasteiger partial charge in [-0.15, -0.1) is 0 Å². The average molecular weight is 499 g/mol. The van der Waals surface area contributed by atoms with Crippen LogP contribution in [-0.2, 0) is 17.8 Å². The van der Waals surface area contributed by atoms with Crippen molar-refractivity contribution in [3.05, 3.63) is 95.2 Å². The average Bonchev–Trinajstić information content (AvgIpc) is 3.25. The Morgan fingerprint density at radius 3 is 2.51 bits per heavy atom. The first-order valence-corrected chi connectivity index (χ1v) is 12.3. The van der Waals surface area contributed by atoms with E-state index < -0.39 is 5.54 Å². The monoisotopic (exact) mass is 498 g/mol. The topological polar surface area (TPSA) is 81.0 Å². The van der Waals surface area contributed by atoms with E-state index in [4.69, 9.17) is 13.9 Å². The molecule has 0 aliphatic carbocycles. The minimum Gasteiger partial charge on any atom is -0.496 e. The molecular formula is C30H30N2O5. The number of methoxy groups -OCH3 is 1. The smallest absolute Gasteiger partial charge is 0.294 e. The van der Waals surface area contributed by atoms with Gasteiger partial charge in [-0.3, -0.25) is 9.59 Å². The van der Waals surface area contributed by atoms with Crippen molar-refractivity contribution in [1.82, 2.24) is 10.2 Å². The molecule has 1 N–H and O–H groups in total. The van der Waals surface area contributed by atoms with Crippen molar-refractivity contribution in [2.24, 2.45) is 0 Å². The summed E-state index contributed by atoms with van der Waals surface area (Å²) < 4.78 is 17.6. The van der Waals surface area contributed by atoms with Crippen LogP contribution in [0.5, 0.6) is 11.5 Å². The quantitative estimate of drug-likeness (QED) is 0.392. The van der Waals surface area contributed by atoms with Crippen molar-refractivity contribution in [2.75, 3.05) is 20.3 Å². The van der Waals surface area contributed by atoms with Gasteiger partial charge in [-0.2, -0.15) is 0 Å². The minimum atomic E-state index is -1.27. The molecule has 5 rings (SSSR count). The largest absolute Gasteiger partial charge is 0.496 e. The van der Waals surface area contributed by atoms with Crippen molar-refractivity contribution >= 4 is 22.8 Å². The predicted molar refractivity (Wildman–Crippen MR) is 141 cm³/mol. The van der Waals surface area contributed by atoms with E-state index in [0.29, 0.717) is 35.4 Å². The summed E-state index contributed by atoms with van der Waals surface area (Å²) in [6, 6.07) is 22.9. The van der Waals surface area contributed by atoms with Crippen LogP contribution in [0, 0.1) is 6.92 Å². The number of hydrogen-bond acceptors (Lipinski definition) is 5. The third kappa shape index (κ3) is 4.53. The SMILES string of the molecule is COc1ccccc1CNC(=O)C1(C)COc2c(oc3ccccc23)C(=O)N1CCc1ccccc1C. The lowest BCUT2D eigenvalue weighted by Crippen LogP contribution is -2.61. The summed E-state index contributed by atoms with van der Waals surface area (Å²) in [4.78, 5) is 29.3. The van der Waals surface area contributed by atoms with Crippen LogP contribution in [0.15, 0.2) is 77.2 Å². The summed E-state index contributed by atoms with van der Waals surface area (Å²) in [5.41, 5.74) is 2.38. The third-order valence-corrected chi connectivity index (χ3v) is 7.07. The van der Waals surface area contributed by atoms with Crippen LogP contribution in [0.1, 0.15) is 34.2 Å². The van der Waals surface area contributed by atoms with Gasteiger partial charge in [0, 0.05) is 18.7 Å². The molecule has 0 saturated carbocycles. The van der Waals surface area contributed by atoms with E-state index in [0.717, 1.165) is 16.7 Å². The van der Waals surface area contributed by atoms with Crippen molar-refractivity contribution < 1.29 is 23.5 Å². The van der Waals surface area contributed by atoms with E-state index in [1.54, 1.807) is 25.0 Å². The molecule has 7 nitrogen and oxygen atoms in total. The fourth-order valence-electron chi connectivity index (χ4n) is 4.82. The number of aryl methyl sites for hydroxylation is 1. The zero-order valence-corrected chi connectivity index (χ0v) is 21.2. The predicted octanol–water partition coefficient (Wildman–Crippen LogP) is 4.90. The van der Waals surface area contributed by atoms with E-state index in [1.807, 2.05) is 73.7 Å². The fourth-order valence-corrected chi connectivity index (χ4v) is 4.82. The zero-order chi connectivity index (χ0) is 26.0. The van der Waals surface area contributed by atoms with Crippen LogP contribution in [0.4, 0.5) is 0 Å². The molecule has 1 atom stereocenters. The van der Waals surface area contributed by atoms with Gasteiger partial charge in [0.25, 0.3) is 5.91 Å². The van der Waals surface area contributed by atoms with E-state index in [2.05, 4.69) is 5.32 Å². The van der Waals surface area contributed by atoms with Crippen molar-refractivity contribution in [3.63, 3.8) is 0 Å². The number of ether oxygens (including phenoxy) is 2. The van der Waals surface area contributed by atoms with Crippen LogP contribution in [0.25, 0.3) is 11.0 Å². The molecule has 1 aliphatic heterocycles. The second-order valence-electron chi connectivity index (χ2n) is 9.45. The number of para-hydroxylation sites is 2. The molecule has 2 amide bonds. The molecule has 0 spiro atoms. The molecule has 4 aromatic rings. The molecule has 1 unspecified atom stereocenters. The van der Waals surface area contributed by atoms with Crippen molar-refractivity contribution in [2.45, 2.75) is 32.4 Å². The van der Waals surface area contributed by atoms with E-state index >= 15 is 0 Å². The molecule has 0 saturated heterocycles. The summed E-state index contributed by atoms with van der Waals surface area (Å²) in [7, 11) is 1.60. The lowest BCUT2D eigenvalue weighted by molar-refractivity contribution is -0.133. The number of furan rings is 1. The lowest BCUT2D eigenvalue weighted by atomic mass is 9.97. The zero-order valence-electron chi connectivity index (χ0n) is 21.2. The Morgan fingerprint density at radius 1 is 1.03 bits per heavy atom. The van der Waals surface area contributed by atoms with Crippen LogP contribution >= 0.6 is 0 Å². The highest BCUT2D eigenvalue weighted by atomic mass is 16.5. The number of hydrogen-bond donors (Lipinski definition) is 1. The van der Waals surface area contributed by atoms with Crippen LogP contribution < -0.4 is 14.8 Å². The summed E-state index contributed by atoms with van der Waals surface area (Å²) in [5.74, 6) is 0.497. The molecule has 0 fully saturated rings. The Labute approximate surface area is 216 Å². The van der Waals surface area contributed by atoms with Gasteiger partial charge in [-0.05, 0) is 49.6 Å². The second kappa shape index (κ2) is 10.0. The maximum absolute atomic E-state index is 14.0. The van der Waals surface area contributed by atoms with E-state index in [9.17, 15) is 9.59 Å². The fraction of sp³-hybridized carbons (Fsp3) is 0.267. The van der Waals surface area contributed by atoms with Crippen molar-refractivity contribution in [3.8, 4) is 11.5 Å². The van der Waals surface area contributed by atoms with Crippen LogP contribution in [-0.4, -0.2) is 42.5 Å². The van der Waals surface area contributed by atoms with Gasteiger partial charge >= 0.3 is 0 Å². The first-order chi connectivity index (χ1) is 17.9. The molecule has 2 heterocycles. The van der Waals surface area contributed by atoms with Gasteiger partial charge in [0.15, 0.2) is 11.3 Å². The number of rotatable bonds is 7. The molecule has 3 aromatic carbocycles. The van der Waals surface area contributed by atoms with Gasteiger partial charge in [-0.25, -0.2) is 0 Å². The van der Waals surface area contributed by atoms with Gasteiger partial charge in [0.1, 0.15) is 17.9 Å². The Kier molecular flexibility index (Phi) is 6.61. The number of benzene rings is 3. The van der Waals surface area contributed by atoms with Crippen LogP contribution in [0.2, 0.25) is 0 Å². The maximum atomic E-state index is 14.0. The Hall–Kier alpha value is -4.26. The molecule has 1 aromatic heterocycles. The number of carbonyl (C=O) groups excluding carboxylic acids is 2. The van der Waals surface area contributed by atoms with E-state index in [-0.39, 0.29) is 30.7 Å². The van der Waals surface area contributed by atoms with Crippen LogP contribution in [0.3, 0.4) is 0 Å². The molecular weight excluding hydrogens is 468 g/mol. The highest BCUT2D eigenvalue weighted by molar-refractivity contribution is 6.04. The number of nitrogens with one attached hydrogen (secondary N) is 1. The highest BCUT2D eigenvalue weighted by Crippen LogP contribution is 2.38. The molecule has 0 bridgehead atoms. The Morgan fingerprint density at radius 2 is 1.73 bits per heavy atom. The number of amides is 2. The lowest BCUT2D eigenvalue weighted by Gasteiger charge is -2.37. The summed E-state index contributed by atoms with van der Waals surface area (Å²) >= 11 is 0. The van der Waals surface area contributed by atoms with E-state index in [1.165, 1.54) is 0 Å². The molecule has 0 radical (unpaired) electrons. The van der Waals surface area contributed by atoms with Gasteiger partial charge in [0.2, 0.25) is 11.7 Å². The summed E-state index contributed by atoms with van der Waals surface area (Å²) in [5, 5.41) is 3.72.